The van der Waals surface area contributed by atoms with E-state index < -0.39 is 23.2 Å². The molecule has 0 aromatic heterocycles. The van der Waals surface area contributed by atoms with E-state index >= 15 is 0 Å². The lowest BCUT2D eigenvalue weighted by molar-refractivity contribution is -0.0501. The number of hydrogen-bond donors (Lipinski definition) is 0. The van der Waals surface area contributed by atoms with Crippen molar-refractivity contribution in [2.45, 2.75) is 6.61 Å². The number of nitrogens with zero attached hydrogens (tertiary/aromatic N) is 1. The van der Waals surface area contributed by atoms with Crippen molar-refractivity contribution in [1.82, 2.24) is 0 Å². The standard InChI is InChI=1S/C8H3ClF3NO/c9-6-5(10)2-1-4(3-13)7(6)14-8(11)12/h1-2,8H. The van der Waals surface area contributed by atoms with Crippen LogP contribution in [0.15, 0.2) is 12.1 Å². The maximum Gasteiger partial charge on any atom is 0.387 e. The first-order valence-corrected chi connectivity index (χ1v) is 3.77. The Kier molecular flexibility index (Phi) is 3.20. The first kappa shape index (κ1) is 10.7. The van der Waals surface area contributed by atoms with E-state index in [1.54, 1.807) is 6.07 Å². The molecule has 0 aliphatic rings. The van der Waals surface area contributed by atoms with Crippen molar-refractivity contribution in [3.63, 3.8) is 0 Å². The second-order valence-corrected chi connectivity index (χ2v) is 2.61. The third-order valence-electron chi connectivity index (χ3n) is 1.38. The van der Waals surface area contributed by atoms with Crippen molar-refractivity contribution in [3.05, 3.63) is 28.5 Å². The summed E-state index contributed by atoms with van der Waals surface area (Å²) in [6.45, 7) is -3.15. The molecule has 1 aromatic rings. The van der Waals surface area contributed by atoms with Gasteiger partial charge in [0.25, 0.3) is 0 Å². The molecular formula is C8H3ClF3NO. The Morgan fingerprint density at radius 2 is 2.07 bits per heavy atom. The Morgan fingerprint density at radius 1 is 1.43 bits per heavy atom. The molecule has 0 aliphatic carbocycles. The van der Waals surface area contributed by atoms with Crippen LogP contribution in [0.3, 0.4) is 0 Å². The highest BCUT2D eigenvalue weighted by Crippen LogP contribution is 2.31. The number of hydrogen-bond acceptors (Lipinski definition) is 2. The zero-order valence-electron chi connectivity index (χ0n) is 6.60. The number of halogens is 4. The van der Waals surface area contributed by atoms with Crippen molar-refractivity contribution in [1.29, 1.82) is 5.26 Å². The van der Waals surface area contributed by atoms with Crippen molar-refractivity contribution in [3.8, 4) is 11.8 Å². The number of ether oxygens (including phenoxy) is 1. The third kappa shape index (κ3) is 2.09. The molecule has 74 valence electrons. The first-order valence-electron chi connectivity index (χ1n) is 3.39. The van der Waals surface area contributed by atoms with E-state index in [4.69, 9.17) is 16.9 Å². The van der Waals surface area contributed by atoms with Crippen molar-refractivity contribution in [2.24, 2.45) is 0 Å². The van der Waals surface area contributed by atoms with Crippen LogP contribution in [0, 0.1) is 17.1 Å². The molecule has 1 rings (SSSR count). The third-order valence-corrected chi connectivity index (χ3v) is 1.73. The smallest absolute Gasteiger partial charge is 0.387 e. The highest BCUT2D eigenvalue weighted by atomic mass is 35.5. The topological polar surface area (TPSA) is 33.0 Å². The molecule has 0 saturated heterocycles. The number of nitriles is 1. The van der Waals surface area contributed by atoms with E-state index in [0.29, 0.717) is 0 Å². The van der Waals surface area contributed by atoms with E-state index in [1.165, 1.54) is 0 Å². The second-order valence-electron chi connectivity index (χ2n) is 2.23. The summed E-state index contributed by atoms with van der Waals surface area (Å²) in [5.74, 6) is -1.55. The molecule has 0 heterocycles. The van der Waals surface area contributed by atoms with Gasteiger partial charge >= 0.3 is 6.61 Å². The van der Waals surface area contributed by atoms with E-state index in [9.17, 15) is 13.2 Å². The van der Waals surface area contributed by atoms with Crippen LogP contribution in [-0.2, 0) is 0 Å². The fourth-order valence-corrected chi connectivity index (χ4v) is 1.03. The van der Waals surface area contributed by atoms with Crippen LogP contribution < -0.4 is 4.74 Å². The lowest BCUT2D eigenvalue weighted by Gasteiger charge is -2.08. The zero-order chi connectivity index (χ0) is 10.7. The molecule has 0 aliphatic heterocycles. The lowest BCUT2D eigenvalue weighted by Crippen LogP contribution is -2.04. The van der Waals surface area contributed by atoms with Gasteiger partial charge in [-0.3, -0.25) is 0 Å². The second kappa shape index (κ2) is 4.20. The first-order chi connectivity index (χ1) is 6.56. The summed E-state index contributed by atoms with van der Waals surface area (Å²) >= 11 is 5.34. The SMILES string of the molecule is N#Cc1ccc(F)c(Cl)c1OC(F)F. The molecule has 0 unspecified atom stereocenters. The molecule has 0 amide bonds. The molecule has 14 heavy (non-hydrogen) atoms. The van der Waals surface area contributed by atoms with Gasteiger partial charge in [0.05, 0.1) is 5.56 Å². The van der Waals surface area contributed by atoms with E-state index in [1.807, 2.05) is 0 Å². The average Bonchev–Trinajstić information content (AvgIpc) is 2.13. The average molecular weight is 222 g/mol. The Labute approximate surface area is 82.5 Å². The predicted molar refractivity (Wildman–Crippen MR) is 42.8 cm³/mol. The van der Waals surface area contributed by atoms with Gasteiger partial charge in [0.15, 0.2) is 5.75 Å². The fourth-order valence-electron chi connectivity index (χ4n) is 0.824. The van der Waals surface area contributed by atoms with Crippen LogP contribution in [0.5, 0.6) is 5.75 Å². The molecular weight excluding hydrogens is 219 g/mol. The summed E-state index contributed by atoms with van der Waals surface area (Å²) in [7, 11) is 0. The van der Waals surface area contributed by atoms with Crippen LogP contribution in [0.2, 0.25) is 5.02 Å². The van der Waals surface area contributed by atoms with Crippen LogP contribution in [0.1, 0.15) is 5.56 Å². The molecule has 0 fully saturated rings. The summed E-state index contributed by atoms with van der Waals surface area (Å²) in [4.78, 5) is 0. The maximum absolute atomic E-state index is 12.8. The Balaban J connectivity index is 3.23. The zero-order valence-corrected chi connectivity index (χ0v) is 7.36. The molecule has 1 aromatic carbocycles. The minimum atomic E-state index is -3.15. The van der Waals surface area contributed by atoms with Gasteiger partial charge in [-0.1, -0.05) is 11.6 Å². The summed E-state index contributed by atoms with van der Waals surface area (Å²) in [6, 6.07) is 3.47. The maximum atomic E-state index is 12.8. The molecule has 0 atom stereocenters. The van der Waals surface area contributed by atoms with E-state index in [2.05, 4.69) is 4.74 Å². The van der Waals surface area contributed by atoms with Crippen LogP contribution in [-0.4, -0.2) is 6.61 Å². The monoisotopic (exact) mass is 221 g/mol. The number of rotatable bonds is 2. The molecule has 0 radical (unpaired) electrons. The lowest BCUT2D eigenvalue weighted by atomic mass is 10.2. The minimum absolute atomic E-state index is 0.239. The molecule has 0 N–H and O–H groups in total. The van der Waals surface area contributed by atoms with Gasteiger partial charge in [0, 0.05) is 0 Å². The van der Waals surface area contributed by atoms with Gasteiger partial charge in [-0.05, 0) is 12.1 Å². The Morgan fingerprint density at radius 3 is 2.57 bits per heavy atom. The van der Waals surface area contributed by atoms with Gasteiger partial charge in [-0.25, -0.2) is 4.39 Å². The normalized spacial score (nSPS) is 10.0. The van der Waals surface area contributed by atoms with Gasteiger partial charge in [0.2, 0.25) is 0 Å². The Bertz CT molecular complexity index is 389. The van der Waals surface area contributed by atoms with Crippen LogP contribution >= 0.6 is 11.6 Å². The highest BCUT2D eigenvalue weighted by Gasteiger charge is 2.16. The molecule has 2 nitrogen and oxygen atoms in total. The molecule has 0 spiro atoms. The van der Waals surface area contributed by atoms with Crippen molar-refractivity contribution < 1.29 is 17.9 Å². The Hall–Kier alpha value is -1.41. The van der Waals surface area contributed by atoms with Gasteiger partial charge < -0.3 is 4.74 Å². The van der Waals surface area contributed by atoms with Crippen molar-refractivity contribution >= 4 is 11.6 Å². The summed E-state index contributed by atoms with van der Waals surface area (Å²) < 4.78 is 40.4. The van der Waals surface area contributed by atoms with Crippen LogP contribution in [0.25, 0.3) is 0 Å². The molecule has 6 heteroatoms. The van der Waals surface area contributed by atoms with Crippen LogP contribution in [0.4, 0.5) is 13.2 Å². The number of benzene rings is 1. The molecule has 0 saturated carbocycles. The summed E-state index contributed by atoms with van der Waals surface area (Å²) in [5, 5.41) is 7.87. The largest absolute Gasteiger partial charge is 0.432 e. The van der Waals surface area contributed by atoms with Gasteiger partial charge in [0.1, 0.15) is 16.9 Å². The number of alkyl halides is 2. The van der Waals surface area contributed by atoms with Gasteiger partial charge in [-0.15, -0.1) is 0 Å². The van der Waals surface area contributed by atoms with E-state index in [-0.39, 0.29) is 5.56 Å². The molecule has 0 bridgehead atoms. The fraction of sp³-hybridized carbons (Fsp3) is 0.125. The van der Waals surface area contributed by atoms with E-state index in [0.717, 1.165) is 12.1 Å². The minimum Gasteiger partial charge on any atom is -0.432 e. The van der Waals surface area contributed by atoms with Crippen molar-refractivity contribution in [2.75, 3.05) is 0 Å². The van der Waals surface area contributed by atoms with Gasteiger partial charge in [-0.2, -0.15) is 14.0 Å². The highest BCUT2D eigenvalue weighted by molar-refractivity contribution is 6.32. The quantitative estimate of drug-likeness (QED) is 0.769. The predicted octanol–water partition coefficient (Wildman–Crippen LogP) is 2.95. The summed E-state index contributed by atoms with van der Waals surface area (Å²) in [5.41, 5.74) is -0.239. The summed E-state index contributed by atoms with van der Waals surface area (Å²) in [6.07, 6.45) is 0.